The predicted octanol–water partition coefficient (Wildman–Crippen LogP) is 3.85. The second kappa shape index (κ2) is 10.3. The Balaban J connectivity index is 1.70. The number of nitrogens with one attached hydrogen (secondary N) is 1. The maximum atomic E-state index is 12.8. The molecule has 1 heterocycles. The minimum Gasteiger partial charge on any atom is -0.497 e. The molecular formula is C25H32N4O2. The molecule has 31 heavy (non-hydrogen) atoms. The van der Waals surface area contributed by atoms with Gasteiger partial charge in [0.1, 0.15) is 5.75 Å². The summed E-state index contributed by atoms with van der Waals surface area (Å²) in [5.74, 6) is 0.836. The van der Waals surface area contributed by atoms with E-state index in [-0.39, 0.29) is 11.9 Å². The second-order valence-electron chi connectivity index (χ2n) is 8.06. The van der Waals surface area contributed by atoms with Crippen LogP contribution in [0.3, 0.4) is 0 Å². The summed E-state index contributed by atoms with van der Waals surface area (Å²) >= 11 is 0. The highest BCUT2D eigenvalue weighted by Crippen LogP contribution is 2.22. The van der Waals surface area contributed by atoms with Crippen LogP contribution in [0.1, 0.15) is 35.0 Å². The molecule has 0 fully saturated rings. The maximum Gasteiger partial charge on any atom is 0.220 e. The number of methoxy groups -OCH3 is 1. The molecule has 0 radical (unpaired) electrons. The number of rotatable bonds is 9. The lowest BCUT2D eigenvalue weighted by Crippen LogP contribution is -2.35. The van der Waals surface area contributed by atoms with Gasteiger partial charge in [-0.2, -0.15) is 5.10 Å². The number of hydrogen-bond acceptors (Lipinski definition) is 4. The molecule has 6 nitrogen and oxygen atoms in total. The first-order chi connectivity index (χ1) is 14.9. The SMILES string of the molecule is COc1cccc(-n2nc(C)c(CCC(=O)N[C@@H](CN(C)C)c3ccccc3)c2C)c1. The Hall–Kier alpha value is -3.12. The largest absolute Gasteiger partial charge is 0.497 e. The molecule has 0 spiro atoms. The molecule has 1 amide bonds. The Morgan fingerprint density at radius 2 is 1.87 bits per heavy atom. The summed E-state index contributed by atoms with van der Waals surface area (Å²) in [6, 6.07) is 17.9. The molecule has 0 unspecified atom stereocenters. The van der Waals surface area contributed by atoms with Gasteiger partial charge in [-0.15, -0.1) is 0 Å². The van der Waals surface area contributed by atoms with Crippen molar-refractivity contribution >= 4 is 5.91 Å². The van der Waals surface area contributed by atoms with Gasteiger partial charge in [0.25, 0.3) is 0 Å². The lowest BCUT2D eigenvalue weighted by Gasteiger charge is -2.23. The number of amides is 1. The smallest absolute Gasteiger partial charge is 0.220 e. The quantitative estimate of drug-likeness (QED) is 0.571. The molecule has 0 bridgehead atoms. The molecule has 0 saturated carbocycles. The minimum absolute atomic E-state index is 0.0367. The van der Waals surface area contributed by atoms with Crippen LogP contribution < -0.4 is 10.1 Å². The molecule has 0 aliphatic heterocycles. The monoisotopic (exact) mass is 420 g/mol. The van der Waals surface area contributed by atoms with E-state index in [9.17, 15) is 4.79 Å². The van der Waals surface area contributed by atoms with Gasteiger partial charge in [-0.3, -0.25) is 4.79 Å². The Morgan fingerprint density at radius 1 is 1.13 bits per heavy atom. The number of benzene rings is 2. The molecule has 1 aromatic heterocycles. The van der Waals surface area contributed by atoms with Gasteiger partial charge in [0.15, 0.2) is 0 Å². The molecule has 2 aromatic carbocycles. The Kier molecular flexibility index (Phi) is 7.47. The van der Waals surface area contributed by atoms with Crippen LogP contribution in [0.2, 0.25) is 0 Å². The van der Waals surface area contributed by atoms with E-state index in [1.807, 2.05) is 75.1 Å². The van der Waals surface area contributed by atoms with Crippen LogP contribution in [0.25, 0.3) is 5.69 Å². The van der Waals surface area contributed by atoms with Crippen LogP contribution in [0, 0.1) is 13.8 Å². The molecule has 3 rings (SSSR count). The number of ether oxygens (including phenoxy) is 1. The highest BCUT2D eigenvalue weighted by molar-refractivity contribution is 5.76. The van der Waals surface area contributed by atoms with Gasteiger partial charge in [-0.05, 0) is 57.6 Å². The zero-order chi connectivity index (χ0) is 22.4. The molecular weight excluding hydrogens is 388 g/mol. The van der Waals surface area contributed by atoms with Crippen LogP contribution in [-0.4, -0.2) is 48.3 Å². The summed E-state index contributed by atoms with van der Waals surface area (Å²) in [7, 11) is 5.69. The van der Waals surface area contributed by atoms with Gasteiger partial charge in [0.05, 0.1) is 24.5 Å². The summed E-state index contributed by atoms with van der Waals surface area (Å²) < 4.78 is 7.26. The number of likely N-dealkylation sites (N-methyl/N-ethyl adjacent to an activating group) is 1. The van der Waals surface area contributed by atoms with Crippen LogP contribution in [0.4, 0.5) is 0 Å². The van der Waals surface area contributed by atoms with Crippen molar-refractivity contribution in [1.82, 2.24) is 20.0 Å². The highest BCUT2D eigenvalue weighted by Gasteiger charge is 2.18. The summed E-state index contributed by atoms with van der Waals surface area (Å²) in [6.07, 6.45) is 1.07. The number of aromatic nitrogens is 2. The summed E-state index contributed by atoms with van der Waals surface area (Å²) in [4.78, 5) is 14.9. The molecule has 6 heteroatoms. The Bertz CT molecular complexity index is 1010. The fourth-order valence-corrected chi connectivity index (χ4v) is 3.82. The van der Waals surface area contributed by atoms with Crippen molar-refractivity contribution in [2.24, 2.45) is 0 Å². The fourth-order valence-electron chi connectivity index (χ4n) is 3.82. The van der Waals surface area contributed by atoms with Gasteiger partial charge in [-0.25, -0.2) is 4.68 Å². The van der Waals surface area contributed by atoms with Gasteiger partial charge in [-0.1, -0.05) is 36.4 Å². The van der Waals surface area contributed by atoms with Gasteiger partial charge in [0, 0.05) is 24.7 Å². The summed E-state index contributed by atoms with van der Waals surface area (Å²) in [5, 5.41) is 7.91. The predicted molar refractivity (Wildman–Crippen MR) is 124 cm³/mol. The Morgan fingerprint density at radius 3 is 2.55 bits per heavy atom. The van der Waals surface area contributed by atoms with Crippen molar-refractivity contribution in [3.8, 4) is 11.4 Å². The van der Waals surface area contributed by atoms with E-state index in [1.54, 1.807) is 7.11 Å². The number of hydrogen-bond donors (Lipinski definition) is 1. The molecule has 164 valence electrons. The van der Waals surface area contributed by atoms with Crippen molar-refractivity contribution in [3.63, 3.8) is 0 Å². The van der Waals surface area contributed by atoms with Crippen LogP contribution in [0.15, 0.2) is 54.6 Å². The van der Waals surface area contributed by atoms with E-state index >= 15 is 0 Å². The first kappa shape index (κ1) is 22.6. The van der Waals surface area contributed by atoms with Gasteiger partial charge < -0.3 is 15.0 Å². The lowest BCUT2D eigenvalue weighted by atomic mass is 10.0. The van der Waals surface area contributed by atoms with Crippen molar-refractivity contribution < 1.29 is 9.53 Å². The molecule has 0 aliphatic carbocycles. The van der Waals surface area contributed by atoms with Gasteiger partial charge in [0.2, 0.25) is 5.91 Å². The minimum atomic E-state index is -0.0367. The molecule has 1 atom stereocenters. The second-order valence-corrected chi connectivity index (χ2v) is 8.06. The number of nitrogens with zero attached hydrogens (tertiary/aromatic N) is 3. The average molecular weight is 421 g/mol. The van der Waals surface area contributed by atoms with Crippen molar-refractivity contribution in [2.75, 3.05) is 27.7 Å². The fraction of sp³-hybridized carbons (Fsp3) is 0.360. The average Bonchev–Trinajstić information content (AvgIpc) is 3.05. The van der Waals surface area contributed by atoms with E-state index in [2.05, 4.69) is 22.3 Å². The Labute approximate surface area is 184 Å². The van der Waals surface area contributed by atoms with E-state index < -0.39 is 0 Å². The molecule has 3 aromatic rings. The van der Waals surface area contributed by atoms with Crippen molar-refractivity contribution in [3.05, 3.63) is 77.1 Å². The highest BCUT2D eigenvalue weighted by atomic mass is 16.5. The van der Waals surface area contributed by atoms with Gasteiger partial charge >= 0.3 is 0 Å². The summed E-state index contributed by atoms with van der Waals surface area (Å²) in [5.41, 5.74) is 5.17. The molecule has 0 aliphatic rings. The van der Waals surface area contributed by atoms with Crippen LogP contribution >= 0.6 is 0 Å². The topological polar surface area (TPSA) is 59.4 Å². The first-order valence-corrected chi connectivity index (χ1v) is 10.6. The lowest BCUT2D eigenvalue weighted by molar-refractivity contribution is -0.121. The summed E-state index contributed by atoms with van der Waals surface area (Å²) in [6.45, 7) is 4.79. The van der Waals surface area contributed by atoms with Crippen LogP contribution in [0.5, 0.6) is 5.75 Å². The van der Waals surface area contributed by atoms with E-state index in [0.29, 0.717) is 12.8 Å². The third-order valence-electron chi connectivity index (χ3n) is 5.43. The number of carbonyl (C=O) groups is 1. The third kappa shape index (κ3) is 5.73. The molecule has 1 N–H and O–H groups in total. The first-order valence-electron chi connectivity index (χ1n) is 10.6. The molecule has 0 saturated heterocycles. The maximum absolute atomic E-state index is 12.8. The number of carbonyl (C=O) groups excluding carboxylic acids is 1. The zero-order valence-electron chi connectivity index (χ0n) is 19.1. The van der Waals surface area contributed by atoms with E-state index in [0.717, 1.165) is 40.5 Å². The van der Waals surface area contributed by atoms with E-state index in [1.165, 1.54) is 0 Å². The van der Waals surface area contributed by atoms with E-state index in [4.69, 9.17) is 9.84 Å². The third-order valence-corrected chi connectivity index (χ3v) is 5.43. The number of aryl methyl sites for hydroxylation is 1. The van der Waals surface area contributed by atoms with Crippen molar-refractivity contribution in [1.29, 1.82) is 0 Å². The normalized spacial score (nSPS) is 12.1. The zero-order valence-corrected chi connectivity index (χ0v) is 19.1. The standard InChI is InChI=1S/C25H32N4O2/c1-18-23(19(2)29(27-18)21-12-9-13-22(16-21)31-5)14-15-25(30)26-24(17-28(3)4)20-10-7-6-8-11-20/h6-13,16,24H,14-15,17H2,1-5H3,(H,26,30)/t24-/m0/s1. The van der Waals surface area contributed by atoms with Crippen molar-refractivity contribution in [2.45, 2.75) is 32.7 Å². The van der Waals surface area contributed by atoms with Crippen LogP contribution in [-0.2, 0) is 11.2 Å².